The van der Waals surface area contributed by atoms with Crippen molar-refractivity contribution in [3.63, 3.8) is 0 Å². The normalized spacial score (nSPS) is 11.6. The maximum Gasteiger partial charge on any atom is 0.303 e. The SMILES string of the molecule is Cc1ncc(S(=O)(=O)NCCCCCC(=O)O)[nH]1. The van der Waals surface area contributed by atoms with Gasteiger partial charge in [0.25, 0.3) is 10.0 Å². The third-order valence-corrected chi connectivity index (χ3v) is 3.70. The molecule has 1 aromatic rings. The molecule has 18 heavy (non-hydrogen) atoms. The van der Waals surface area contributed by atoms with Crippen LogP contribution in [0.25, 0.3) is 0 Å². The van der Waals surface area contributed by atoms with E-state index in [0.717, 1.165) is 0 Å². The van der Waals surface area contributed by atoms with Crippen molar-refractivity contribution in [2.75, 3.05) is 6.54 Å². The van der Waals surface area contributed by atoms with Gasteiger partial charge in [-0.1, -0.05) is 6.42 Å². The number of nitrogens with one attached hydrogen (secondary N) is 2. The van der Waals surface area contributed by atoms with E-state index in [0.29, 0.717) is 31.6 Å². The molecule has 0 aliphatic heterocycles. The number of carboxylic acid groups (broad SMARTS) is 1. The van der Waals surface area contributed by atoms with Gasteiger partial charge in [0.1, 0.15) is 5.82 Å². The summed E-state index contributed by atoms with van der Waals surface area (Å²) in [5.41, 5.74) is 0. The molecule has 1 rings (SSSR count). The second-order valence-corrected chi connectivity index (χ2v) is 5.67. The lowest BCUT2D eigenvalue weighted by Crippen LogP contribution is -2.25. The lowest BCUT2D eigenvalue weighted by Gasteiger charge is -2.04. The Morgan fingerprint density at radius 2 is 2.17 bits per heavy atom. The van der Waals surface area contributed by atoms with E-state index >= 15 is 0 Å². The van der Waals surface area contributed by atoms with Crippen LogP contribution in [-0.2, 0) is 14.8 Å². The van der Waals surface area contributed by atoms with Crippen molar-refractivity contribution < 1.29 is 18.3 Å². The summed E-state index contributed by atoms with van der Waals surface area (Å²) >= 11 is 0. The summed E-state index contributed by atoms with van der Waals surface area (Å²) in [5.74, 6) is -0.291. The van der Waals surface area contributed by atoms with E-state index in [-0.39, 0.29) is 11.4 Å². The van der Waals surface area contributed by atoms with Gasteiger partial charge in [-0.25, -0.2) is 18.1 Å². The number of hydrogen-bond acceptors (Lipinski definition) is 4. The van der Waals surface area contributed by atoms with Gasteiger partial charge >= 0.3 is 5.97 Å². The molecule has 0 fully saturated rings. The van der Waals surface area contributed by atoms with Gasteiger partial charge in [0.05, 0.1) is 6.20 Å². The van der Waals surface area contributed by atoms with Crippen LogP contribution in [-0.4, -0.2) is 36.0 Å². The monoisotopic (exact) mass is 275 g/mol. The van der Waals surface area contributed by atoms with Crippen molar-refractivity contribution in [3.05, 3.63) is 12.0 Å². The van der Waals surface area contributed by atoms with Crippen LogP contribution in [0.2, 0.25) is 0 Å². The topological polar surface area (TPSA) is 112 Å². The van der Waals surface area contributed by atoms with Gasteiger partial charge in [-0.2, -0.15) is 0 Å². The number of aryl methyl sites for hydroxylation is 1. The number of aromatic amines is 1. The van der Waals surface area contributed by atoms with Crippen LogP contribution < -0.4 is 4.72 Å². The van der Waals surface area contributed by atoms with E-state index in [4.69, 9.17) is 5.11 Å². The molecule has 0 bridgehead atoms. The average Bonchev–Trinajstić information content (AvgIpc) is 2.70. The number of unbranched alkanes of at least 4 members (excludes halogenated alkanes) is 2. The summed E-state index contributed by atoms with van der Waals surface area (Å²) in [6.45, 7) is 1.96. The number of nitrogens with zero attached hydrogens (tertiary/aromatic N) is 1. The highest BCUT2D eigenvalue weighted by molar-refractivity contribution is 7.89. The first-order chi connectivity index (χ1) is 8.42. The van der Waals surface area contributed by atoms with Gasteiger partial charge in [-0.15, -0.1) is 0 Å². The molecule has 0 atom stereocenters. The summed E-state index contributed by atoms with van der Waals surface area (Å²) in [4.78, 5) is 16.7. The van der Waals surface area contributed by atoms with Crippen molar-refractivity contribution in [1.29, 1.82) is 0 Å². The zero-order valence-corrected chi connectivity index (χ0v) is 11.0. The van der Waals surface area contributed by atoms with Crippen molar-refractivity contribution >= 4 is 16.0 Å². The van der Waals surface area contributed by atoms with Gasteiger partial charge in [0.15, 0.2) is 5.03 Å². The van der Waals surface area contributed by atoms with E-state index in [1.54, 1.807) is 6.92 Å². The van der Waals surface area contributed by atoms with Gasteiger partial charge in [-0.3, -0.25) is 4.79 Å². The van der Waals surface area contributed by atoms with Crippen LogP contribution in [0.5, 0.6) is 0 Å². The summed E-state index contributed by atoms with van der Waals surface area (Å²) in [7, 11) is -3.53. The number of H-pyrrole nitrogens is 1. The van der Waals surface area contributed by atoms with E-state index in [9.17, 15) is 13.2 Å². The van der Waals surface area contributed by atoms with Crippen LogP contribution >= 0.6 is 0 Å². The fourth-order valence-corrected chi connectivity index (χ4v) is 2.44. The standard InChI is InChI=1S/C10H17N3O4S/c1-8-11-7-9(13-8)18(16,17)12-6-4-2-3-5-10(14)15/h7,12H,2-6H2,1H3,(H,11,13)(H,14,15). The Balaban J connectivity index is 2.28. The Labute approximate surface area is 106 Å². The van der Waals surface area contributed by atoms with E-state index in [1.807, 2.05) is 0 Å². The maximum atomic E-state index is 11.7. The molecule has 7 nitrogen and oxygen atoms in total. The first-order valence-corrected chi connectivity index (χ1v) is 7.13. The highest BCUT2D eigenvalue weighted by atomic mass is 32.2. The third-order valence-electron chi connectivity index (χ3n) is 2.33. The van der Waals surface area contributed by atoms with Crippen LogP contribution in [0.3, 0.4) is 0 Å². The molecule has 0 unspecified atom stereocenters. The smallest absolute Gasteiger partial charge is 0.303 e. The van der Waals surface area contributed by atoms with Crippen LogP contribution in [0.15, 0.2) is 11.2 Å². The lowest BCUT2D eigenvalue weighted by molar-refractivity contribution is -0.137. The van der Waals surface area contributed by atoms with Crippen molar-refractivity contribution in [1.82, 2.24) is 14.7 Å². The molecule has 3 N–H and O–H groups in total. The number of sulfonamides is 1. The molecular formula is C10H17N3O4S. The second kappa shape index (κ2) is 6.50. The number of aliphatic carboxylic acids is 1. The predicted molar refractivity (Wildman–Crippen MR) is 64.6 cm³/mol. The molecule has 0 aliphatic rings. The summed E-state index contributed by atoms with van der Waals surface area (Å²) in [5, 5.41) is 8.47. The minimum Gasteiger partial charge on any atom is -0.481 e. The Kier molecular flexibility index (Phi) is 5.29. The number of carboxylic acids is 1. The quantitative estimate of drug-likeness (QED) is 0.603. The van der Waals surface area contributed by atoms with Crippen LogP contribution in [0.1, 0.15) is 31.5 Å². The molecule has 0 spiro atoms. The molecule has 1 heterocycles. The van der Waals surface area contributed by atoms with E-state index in [2.05, 4.69) is 14.7 Å². The molecule has 8 heteroatoms. The van der Waals surface area contributed by atoms with Crippen molar-refractivity contribution in [2.45, 2.75) is 37.6 Å². The predicted octanol–water partition coefficient (Wildman–Crippen LogP) is 0.641. The highest BCUT2D eigenvalue weighted by Gasteiger charge is 2.15. The molecule has 1 aromatic heterocycles. The Morgan fingerprint density at radius 1 is 1.44 bits per heavy atom. The minimum absolute atomic E-state index is 0.0468. The van der Waals surface area contributed by atoms with E-state index < -0.39 is 16.0 Å². The molecular weight excluding hydrogens is 258 g/mol. The average molecular weight is 275 g/mol. The Hall–Kier alpha value is -1.41. The molecule has 0 saturated carbocycles. The lowest BCUT2D eigenvalue weighted by atomic mass is 10.2. The van der Waals surface area contributed by atoms with Gasteiger partial charge < -0.3 is 10.1 Å². The molecule has 0 aliphatic carbocycles. The first-order valence-electron chi connectivity index (χ1n) is 5.65. The van der Waals surface area contributed by atoms with Gasteiger partial charge in [0.2, 0.25) is 0 Å². The zero-order chi connectivity index (χ0) is 13.6. The fraction of sp³-hybridized carbons (Fsp3) is 0.600. The minimum atomic E-state index is -3.53. The van der Waals surface area contributed by atoms with E-state index in [1.165, 1.54) is 6.20 Å². The molecule has 0 saturated heterocycles. The maximum absolute atomic E-state index is 11.7. The number of aromatic nitrogens is 2. The Morgan fingerprint density at radius 3 is 2.72 bits per heavy atom. The first kappa shape index (κ1) is 14.7. The number of rotatable bonds is 8. The molecule has 0 aromatic carbocycles. The van der Waals surface area contributed by atoms with Crippen LogP contribution in [0.4, 0.5) is 0 Å². The van der Waals surface area contributed by atoms with Gasteiger partial charge in [-0.05, 0) is 19.8 Å². The number of imidazole rings is 1. The summed E-state index contributed by atoms with van der Waals surface area (Å²) in [6.07, 6.45) is 3.23. The zero-order valence-electron chi connectivity index (χ0n) is 10.1. The largest absolute Gasteiger partial charge is 0.481 e. The molecule has 102 valence electrons. The number of hydrogen-bond donors (Lipinski definition) is 3. The Bertz CT molecular complexity index is 495. The summed E-state index contributed by atoms with van der Waals surface area (Å²) in [6, 6.07) is 0. The third kappa shape index (κ3) is 4.84. The molecule has 0 amide bonds. The van der Waals surface area contributed by atoms with Crippen molar-refractivity contribution in [3.8, 4) is 0 Å². The molecule has 0 radical (unpaired) electrons. The fourth-order valence-electron chi connectivity index (χ4n) is 1.40. The summed E-state index contributed by atoms with van der Waals surface area (Å²) < 4.78 is 25.9. The second-order valence-electron chi connectivity index (χ2n) is 3.94. The highest BCUT2D eigenvalue weighted by Crippen LogP contribution is 2.05. The van der Waals surface area contributed by atoms with Gasteiger partial charge in [0, 0.05) is 13.0 Å². The van der Waals surface area contributed by atoms with Crippen LogP contribution in [0, 0.1) is 6.92 Å². The van der Waals surface area contributed by atoms with Crippen molar-refractivity contribution in [2.24, 2.45) is 0 Å². The number of carbonyl (C=O) groups is 1.